The number of hydrogen-bond donors (Lipinski definition) is 0. The lowest BCUT2D eigenvalue weighted by Gasteiger charge is -2.14. The molecular weight excluding hydrogens is 236 g/mol. The average Bonchev–Trinajstić information content (AvgIpc) is 2.40. The van der Waals surface area contributed by atoms with Gasteiger partial charge in [0, 0.05) is 0 Å². The van der Waals surface area contributed by atoms with Gasteiger partial charge in [0.05, 0.1) is 12.5 Å². The number of unbranched alkanes of at least 4 members (excludes halogenated alkanes) is 5. The molecule has 0 N–H and O–H groups in total. The fourth-order valence-electron chi connectivity index (χ4n) is 2.29. The summed E-state index contributed by atoms with van der Waals surface area (Å²) >= 11 is 0. The van der Waals surface area contributed by atoms with E-state index in [4.69, 9.17) is 4.74 Å². The third-order valence-electron chi connectivity index (χ3n) is 3.68. The molecule has 0 aromatic heterocycles. The summed E-state index contributed by atoms with van der Waals surface area (Å²) in [4.78, 5) is 11.8. The fourth-order valence-corrected chi connectivity index (χ4v) is 2.29. The Morgan fingerprint density at radius 3 is 2.16 bits per heavy atom. The molecule has 0 spiro atoms. The minimum absolute atomic E-state index is 0.00323. The van der Waals surface area contributed by atoms with Crippen LogP contribution >= 0.6 is 0 Å². The van der Waals surface area contributed by atoms with Gasteiger partial charge in [0.15, 0.2) is 0 Å². The zero-order chi connectivity index (χ0) is 14.5. The van der Waals surface area contributed by atoms with Crippen LogP contribution in [-0.2, 0) is 9.53 Å². The molecule has 0 aliphatic carbocycles. The molecule has 0 amide bonds. The molecule has 0 bridgehead atoms. The molecule has 0 fully saturated rings. The number of carbonyl (C=O) groups excluding carboxylic acids is 1. The first-order valence-corrected chi connectivity index (χ1v) is 8.28. The Labute approximate surface area is 120 Å². The Balaban J connectivity index is 3.53. The Hall–Kier alpha value is -0.530. The van der Waals surface area contributed by atoms with Crippen LogP contribution in [0.4, 0.5) is 0 Å². The van der Waals surface area contributed by atoms with Gasteiger partial charge >= 0.3 is 5.97 Å². The summed E-state index contributed by atoms with van der Waals surface area (Å²) in [6, 6.07) is 0. The van der Waals surface area contributed by atoms with Crippen molar-refractivity contribution in [3.8, 4) is 0 Å². The molecule has 2 atom stereocenters. The first-order chi connectivity index (χ1) is 9.11. The van der Waals surface area contributed by atoms with Gasteiger partial charge in [0.25, 0.3) is 0 Å². The topological polar surface area (TPSA) is 26.3 Å². The molecule has 2 nitrogen and oxygen atoms in total. The molecule has 0 heterocycles. The summed E-state index contributed by atoms with van der Waals surface area (Å²) in [5, 5.41) is 0. The highest BCUT2D eigenvalue weighted by Crippen LogP contribution is 2.14. The highest BCUT2D eigenvalue weighted by Gasteiger charge is 2.15. The standard InChI is InChI=1S/C17H34O2/c1-5-7-8-9-10-11-13-16(4)17(18)19-14-15(3)12-6-2/h15-16H,5-14H2,1-4H3. The lowest BCUT2D eigenvalue weighted by Crippen LogP contribution is -2.18. The Morgan fingerprint density at radius 2 is 1.53 bits per heavy atom. The fraction of sp³-hybridized carbons (Fsp3) is 0.941. The molecule has 0 aromatic rings. The molecule has 2 heteroatoms. The molecule has 0 aromatic carbocycles. The van der Waals surface area contributed by atoms with E-state index in [2.05, 4.69) is 20.8 Å². The lowest BCUT2D eigenvalue weighted by atomic mass is 10.0. The smallest absolute Gasteiger partial charge is 0.308 e. The van der Waals surface area contributed by atoms with E-state index in [-0.39, 0.29) is 11.9 Å². The summed E-state index contributed by atoms with van der Waals surface area (Å²) in [5.74, 6) is 0.562. The minimum Gasteiger partial charge on any atom is -0.465 e. The molecule has 114 valence electrons. The van der Waals surface area contributed by atoms with Crippen molar-refractivity contribution in [1.82, 2.24) is 0 Å². The van der Waals surface area contributed by atoms with Gasteiger partial charge in [-0.1, -0.05) is 72.6 Å². The van der Waals surface area contributed by atoms with E-state index in [0.717, 1.165) is 25.7 Å². The van der Waals surface area contributed by atoms with Crippen LogP contribution in [0.5, 0.6) is 0 Å². The molecule has 0 saturated heterocycles. The second-order valence-corrected chi connectivity index (χ2v) is 5.98. The summed E-state index contributed by atoms with van der Waals surface area (Å²) < 4.78 is 5.37. The number of ether oxygens (including phenoxy) is 1. The second kappa shape index (κ2) is 12.5. The van der Waals surface area contributed by atoms with E-state index < -0.39 is 0 Å². The predicted octanol–water partition coefficient (Wildman–Crippen LogP) is 5.35. The Kier molecular flexibility index (Phi) is 12.2. The van der Waals surface area contributed by atoms with Crippen LogP contribution in [-0.4, -0.2) is 12.6 Å². The number of esters is 1. The van der Waals surface area contributed by atoms with Crippen LogP contribution in [0.3, 0.4) is 0 Å². The summed E-state index contributed by atoms with van der Waals surface area (Å²) in [5.41, 5.74) is 0. The van der Waals surface area contributed by atoms with Crippen LogP contribution in [0.25, 0.3) is 0 Å². The Bertz CT molecular complexity index is 213. The quantitative estimate of drug-likeness (QED) is 0.353. The largest absolute Gasteiger partial charge is 0.465 e. The maximum absolute atomic E-state index is 11.8. The molecular formula is C17H34O2. The first kappa shape index (κ1) is 18.5. The van der Waals surface area contributed by atoms with Crippen LogP contribution in [0, 0.1) is 11.8 Å². The monoisotopic (exact) mass is 270 g/mol. The van der Waals surface area contributed by atoms with E-state index >= 15 is 0 Å². The van der Waals surface area contributed by atoms with Crippen molar-refractivity contribution >= 4 is 5.97 Å². The number of carbonyl (C=O) groups is 1. The van der Waals surface area contributed by atoms with Crippen molar-refractivity contribution in [3.63, 3.8) is 0 Å². The van der Waals surface area contributed by atoms with E-state index in [1.807, 2.05) is 6.92 Å². The minimum atomic E-state index is -0.00323. The van der Waals surface area contributed by atoms with Gasteiger partial charge in [-0.05, 0) is 18.8 Å². The van der Waals surface area contributed by atoms with Crippen molar-refractivity contribution in [2.75, 3.05) is 6.61 Å². The number of hydrogen-bond acceptors (Lipinski definition) is 2. The van der Waals surface area contributed by atoms with Gasteiger partial charge in [-0.25, -0.2) is 0 Å². The summed E-state index contributed by atoms with van der Waals surface area (Å²) in [6.07, 6.45) is 11.0. The van der Waals surface area contributed by atoms with Gasteiger partial charge in [-0.2, -0.15) is 0 Å². The van der Waals surface area contributed by atoms with Crippen molar-refractivity contribution in [1.29, 1.82) is 0 Å². The highest BCUT2D eigenvalue weighted by molar-refractivity contribution is 5.71. The lowest BCUT2D eigenvalue weighted by molar-refractivity contribution is -0.149. The van der Waals surface area contributed by atoms with Crippen molar-refractivity contribution in [2.24, 2.45) is 11.8 Å². The maximum atomic E-state index is 11.8. The SMILES string of the molecule is CCCCCCCCC(C)C(=O)OCC(C)CCC. The molecule has 0 radical (unpaired) electrons. The highest BCUT2D eigenvalue weighted by atomic mass is 16.5. The molecule has 0 aliphatic heterocycles. The van der Waals surface area contributed by atoms with Crippen LogP contribution in [0.15, 0.2) is 0 Å². The predicted molar refractivity (Wildman–Crippen MR) is 82.2 cm³/mol. The average molecular weight is 270 g/mol. The Morgan fingerprint density at radius 1 is 0.895 bits per heavy atom. The molecule has 19 heavy (non-hydrogen) atoms. The van der Waals surface area contributed by atoms with E-state index in [1.54, 1.807) is 0 Å². The number of rotatable bonds is 12. The van der Waals surface area contributed by atoms with Crippen LogP contribution < -0.4 is 0 Å². The van der Waals surface area contributed by atoms with Gasteiger partial charge in [0.2, 0.25) is 0 Å². The van der Waals surface area contributed by atoms with Gasteiger partial charge in [-0.3, -0.25) is 4.79 Å². The van der Waals surface area contributed by atoms with E-state index in [1.165, 1.54) is 32.1 Å². The summed E-state index contributed by atoms with van der Waals surface area (Å²) in [6.45, 7) is 9.14. The second-order valence-electron chi connectivity index (χ2n) is 5.98. The van der Waals surface area contributed by atoms with E-state index in [0.29, 0.717) is 12.5 Å². The summed E-state index contributed by atoms with van der Waals surface area (Å²) in [7, 11) is 0. The zero-order valence-corrected chi connectivity index (χ0v) is 13.5. The van der Waals surface area contributed by atoms with Crippen molar-refractivity contribution in [3.05, 3.63) is 0 Å². The maximum Gasteiger partial charge on any atom is 0.308 e. The molecule has 2 unspecified atom stereocenters. The van der Waals surface area contributed by atoms with E-state index in [9.17, 15) is 4.79 Å². The van der Waals surface area contributed by atoms with Gasteiger partial charge < -0.3 is 4.74 Å². The van der Waals surface area contributed by atoms with Crippen molar-refractivity contribution in [2.45, 2.75) is 85.5 Å². The molecule has 0 aliphatic rings. The third-order valence-corrected chi connectivity index (χ3v) is 3.68. The van der Waals surface area contributed by atoms with Gasteiger partial charge in [0.1, 0.15) is 0 Å². The van der Waals surface area contributed by atoms with Crippen LogP contribution in [0.2, 0.25) is 0 Å². The van der Waals surface area contributed by atoms with Gasteiger partial charge in [-0.15, -0.1) is 0 Å². The molecule has 0 saturated carbocycles. The zero-order valence-electron chi connectivity index (χ0n) is 13.5. The normalized spacial score (nSPS) is 14.1. The third kappa shape index (κ3) is 11.0. The first-order valence-electron chi connectivity index (χ1n) is 8.28. The molecule has 0 rings (SSSR count). The van der Waals surface area contributed by atoms with Crippen LogP contribution in [0.1, 0.15) is 85.5 Å². The van der Waals surface area contributed by atoms with Crippen molar-refractivity contribution < 1.29 is 9.53 Å².